The van der Waals surface area contributed by atoms with Crippen molar-refractivity contribution in [3.8, 4) is 0 Å². The molecule has 1 rings (SSSR count). The molecule has 0 atom stereocenters. The number of hydrogen-bond donors (Lipinski definition) is 1. The fourth-order valence-corrected chi connectivity index (χ4v) is 2.04. The van der Waals surface area contributed by atoms with Crippen molar-refractivity contribution in [1.29, 1.82) is 0 Å². The molecule has 20 heavy (non-hydrogen) atoms. The Morgan fingerprint density at radius 1 is 1.40 bits per heavy atom. The van der Waals surface area contributed by atoms with Crippen molar-refractivity contribution in [3.05, 3.63) is 17.5 Å². The summed E-state index contributed by atoms with van der Waals surface area (Å²) in [5.41, 5.74) is 1.41. The highest BCUT2D eigenvalue weighted by Crippen LogP contribution is 2.09. The van der Waals surface area contributed by atoms with Crippen molar-refractivity contribution in [2.45, 2.75) is 27.3 Å². The molecule has 0 aliphatic rings. The number of carbonyl (C=O) groups is 1. The van der Waals surface area contributed by atoms with Gasteiger partial charge in [0.1, 0.15) is 5.56 Å². The zero-order valence-corrected chi connectivity index (χ0v) is 13.0. The number of carbonyl (C=O) groups excluding carboxylic acids is 1. The number of hydrogen-bond acceptors (Lipinski definition) is 5. The minimum absolute atomic E-state index is 0.304. The van der Waals surface area contributed by atoms with E-state index in [1.807, 2.05) is 7.05 Å². The second-order valence-corrected chi connectivity index (χ2v) is 4.55. The van der Waals surface area contributed by atoms with Gasteiger partial charge in [-0.25, -0.2) is 4.79 Å². The number of aryl methyl sites for hydroxylation is 1. The Morgan fingerprint density at radius 2 is 2.10 bits per heavy atom. The van der Waals surface area contributed by atoms with Crippen molar-refractivity contribution >= 4 is 5.97 Å². The SMILES string of the molecule is CCOC(=O)c1cnn(C)c1CNCCN(CC)CC. The highest BCUT2D eigenvalue weighted by molar-refractivity contribution is 5.90. The Hall–Kier alpha value is -1.40. The van der Waals surface area contributed by atoms with Gasteiger partial charge in [-0.05, 0) is 20.0 Å². The Morgan fingerprint density at radius 3 is 2.70 bits per heavy atom. The zero-order valence-electron chi connectivity index (χ0n) is 13.0. The molecule has 0 saturated heterocycles. The molecule has 114 valence electrons. The highest BCUT2D eigenvalue weighted by Gasteiger charge is 2.16. The molecule has 0 aromatic carbocycles. The van der Waals surface area contributed by atoms with Crippen molar-refractivity contribution < 1.29 is 9.53 Å². The minimum atomic E-state index is -0.304. The summed E-state index contributed by atoms with van der Waals surface area (Å²) in [6, 6.07) is 0. The Balaban J connectivity index is 2.51. The van der Waals surface area contributed by atoms with Gasteiger partial charge in [0.2, 0.25) is 0 Å². The van der Waals surface area contributed by atoms with Gasteiger partial charge < -0.3 is 15.0 Å². The molecule has 0 aliphatic carbocycles. The van der Waals surface area contributed by atoms with E-state index in [1.165, 1.54) is 0 Å². The molecule has 0 bridgehead atoms. The molecule has 0 aliphatic heterocycles. The van der Waals surface area contributed by atoms with Crippen LogP contribution in [-0.2, 0) is 18.3 Å². The number of aromatic nitrogens is 2. The third-order valence-electron chi connectivity index (χ3n) is 3.35. The lowest BCUT2D eigenvalue weighted by atomic mass is 10.2. The molecule has 0 spiro atoms. The summed E-state index contributed by atoms with van der Waals surface area (Å²) in [7, 11) is 1.84. The first-order chi connectivity index (χ1) is 9.63. The lowest BCUT2D eigenvalue weighted by Crippen LogP contribution is -2.32. The first-order valence-electron chi connectivity index (χ1n) is 7.25. The van der Waals surface area contributed by atoms with Crippen LogP contribution in [0.15, 0.2) is 6.20 Å². The maximum atomic E-state index is 11.8. The van der Waals surface area contributed by atoms with Crippen LogP contribution in [0, 0.1) is 0 Å². The Kier molecular flexibility index (Phi) is 7.25. The van der Waals surface area contributed by atoms with E-state index in [1.54, 1.807) is 17.8 Å². The quantitative estimate of drug-likeness (QED) is 0.541. The maximum Gasteiger partial charge on any atom is 0.341 e. The van der Waals surface area contributed by atoms with Crippen LogP contribution >= 0.6 is 0 Å². The predicted octanol–water partition coefficient (Wildman–Crippen LogP) is 1.03. The van der Waals surface area contributed by atoms with Gasteiger partial charge in [0.25, 0.3) is 0 Å². The average Bonchev–Trinajstić information content (AvgIpc) is 2.81. The molecule has 6 nitrogen and oxygen atoms in total. The summed E-state index contributed by atoms with van der Waals surface area (Å²) in [6.07, 6.45) is 1.57. The van der Waals surface area contributed by atoms with Gasteiger partial charge in [-0.1, -0.05) is 13.8 Å². The summed E-state index contributed by atoms with van der Waals surface area (Å²) < 4.78 is 6.75. The molecule has 0 amide bonds. The van der Waals surface area contributed by atoms with Gasteiger partial charge >= 0.3 is 5.97 Å². The van der Waals surface area contributed by atoms with Crippen molar-refractivity contribution in [2.75, 3.05) is 32.8 Å². The van der Waals surface area contributed by atoms with E-state index in [0.717, 1.165) is 31.9 Å². The fraction of sp³-hybridized carbons (Fsp3) is 0.714. The highest BCUT2D eigenvalue weighted by atomic mass is 16.5. The third kappa shape index (κ3) is 4.61. The smallest absolute Gasteiger partial charge is 0.341 e. The van der Waals surface area contributed by atoms with Crippen molar-refractivity contribution in [1.82, 2.24) is 20.0 Å². The first kappa shape index (κ1) is 16.7. The molecule has 1 N–H and O–H groups in total. The van der Waals surface area contributed by atoms with Crippen LogP contribution in [0.1, 0.15) is 36.8 Å². The normalized spacial score (nSPS) is 11.1. The van der Waals surface area contributed by atoms with Crippen LogP contribution in [0.5, 0.6) is 0 Å². The second kappa shape index (κ2) is 8.71. The van der Waals surface area contributed by atoms with E-state index in [4.69, 9.17) is 4.74 Å². The standard InChI is InChI=1S/C14H26N4O2/c1-5-18(6-2)9-8-15-11-13-12(10-16-17(13)4)14(19)20-7-3/h10,15H,5-9,11H2,1-4H3. The van der Waals surface area contributed by atoms with E-state index in [9.17, 15) is 4.79 Å². The topological polar surface area (TPSA) is 59.4 Å². The molecule has 1 aromatic heterocycles. The number of rotatable bonds is 9. The number of ether oxygens (including phenoxy) is 1. The Bertz CT molecular complexity index is 413. The first-order valence-corrected chi connectivity index (χ1v) is 7.25. The lowest BCUT2D eigenvalue weighted by Gasteiger charge is -2.18. The molecule has 0 radical (unpaired) electrons. The van der Waals surface area contributed by atoms with Crippen LogP contribution in [0.4, 0.5) is 0 Å². The summed E-state index contributed by atoms with van der Waals surface area (Å²) in [5, 5.41) is 7.49. The van der Waals surface area contributed by atoms with Gasteiger partial charge in [0.05, 0.1) is 18.5 Å². The monoisotopic (exact) mass is 282 g/mol. The summed E-state index contributed by atoms with van der Waals surface area (Å²) in [5.74, 6) is -0.304. The third-order valence-corrected chi connectivity index (χ3v) is 3.35. The van der Waals surface area contributed by atoms with Gasteiger partial charge in [-0.3, -0.25) is 4.68 Å². The minimum Gasteiger partial charge on any atom is -0.462 e. The molecule has 1 aromatic rings. The maximum absolute atomic E-state index is 11.8. The van der Waals surface area contributed by atoms with Gasteiger partial charge in [-0.2, -0.15) is 5.10 Å². The lowest BCUT2D eigenvalue weighted by molar-refractivity contribution is 0.0524. The largest absolute Gasteiger partial charge is 0.462 e. The van der Waals surface area contributed by atoms with Crippen molar-refractivity contribution in [3.63, 3.8) is 0 Å². The predicted molar refractivity (Wildman–Crippen MR) is 78.7 cm³/mol. The average molecular weight is 282 g/mol. The zero-order chi connectivity index (χ0) is 15.0. The van der Waals surface area contributed by atoms with Crippen LogP contribution < -0.4 is 5.32 Å². The van der Waals surface area contributed by atoms with Crippen LogP contribution in [0.2, 0.25) is 0 Å². The molecular weight excluding hydrogens is 256 g/mol. The van der Waals surface area contributed by atoms with Crippen LogP contribution in [0.25, 0.3) is 0 Å². The molecule has 0 saturated carbocycles. The van der Waals surface area contributed by atoms with Crippen LogP contribution in [0.3, 0.4) is 0 Å². The van der Waals surface area contributed by atoms with Crippen molar-refractivity contribution in [2.24, 2.45) is 7.05 Å². The van der Waals surface area contributed by atoms with Gasteiger partial charge in [-0.15, -0.1) is 0 Å². The van der Waals surface area contributed by atoms with Crippen LogP contribution in [-0.4, -0.2) is 53.4 Å². The molecule has 0 fully saturated rings. The second-order valence-electron chi connectivity index (χ2n) is 4.55. The fourth-order valence-electron chi connectivity index (χ4n) is 2.04. The van der Waals surface area contributed by atoms with E-state index < -0.39 is 0 Å². The summed E-state index contributed by atoms with van der Waals surface area (Å²) >= 11 is 0. The number of esters is 1. The molecule has 1 heterocycles. The van der Waals surface area contributed by atoms with E-state index in [2.05, 4.69) is 29.2 Å². The molecular formula is C14H26N4O2. The van der Waals surface area contributed by atoms with Gasteiger partial charge in [0, 0.05) is 26.7 Å². The van der Waals surface area contributed by atoms with E-state index in [-0.39, 0.29) is 5.97 Å². The number of likely N-dealkylation sites (N-methyl/N-ethyl adjacent to an activating group) is 1. The number of nitrogens with one attached hydrogen (secondary N) is 1. The number of nitrogens with zero attached hydrogens (tertiary/aromatic N) is 3. The van der Waals surface area contributed by atoms with E-state index in [0.29, 0.717) is 18.7 Å². The van der Waals surface area contributed by atoms with E-state index >= 15 is 0 Å². The Labute approximate surface area is 121 Å². The summed E-state index contributed by atoms with van der Waals surface area (Å²) in [4.78, 5) is 14.2. The summed E-state index contributed by atoms with van der Waals surface area (Å²) in [6.45, 7) is 11.1. The molecule has 6 heteroatoms. The molecule has 0 unspecified atom stereocenters. The van der Waals surface area contributed by atoms with Gasteiger partial charge in [0.15, 0.2) is 0 Å².